The highest BCUT2D eigenvalue weighted by Gasteiger charge is 2.25. The number of carbonyl (C=O) groups is 2. The van der Waals surface area contributed by atoms with Crippen LogP contribution in [0.4, 0.5) is 0 Å². The third kappa shape index (κ3) is 3.99. The van der Waals surface area contributed by atoms with E-state index in [0.717, 1.165) is 21.9 Å². The van der Waals surface area contributed by atoms with Crippen LogP contribution in [-0.4, -0.2) is 42.5 Å². The van der Waals surface area contributed by atoms with Gasteiger partial charge in [-0.25, -0.2) is 0 Å². The van der Waals surface area contributed by atoms with Crippen molar-refractivity contribution in [2.75, 3.05) is 19.7 Å². The van der Waals surface area contributed by atoms with E-state index in [1.165, 1.54) is 12.5 Å². The Bertz CT molecular complexity index is 1220. The summed E-state index contributed by atoms with van der Waals surface area (Å²) in [5, 5.41) is 4.99. The van der Waals surface area contributed by atoms with Crippen molar-refractivity contribution in [3.8, 4) is 5.75 Å². The van der Waals surface area contributed by atoms with Crippen LogP contribution in [0.15, 0.2) is 69.9 Å². The Morgan fingerprint density at radius 1 is 1.03 bits per heavy atom. The van der Waals surface area contributed by atoms with E-state index in [-0.39, 0.29) is 24.5 Å². The van der Waals surface area contributed by atoms with Gasteiger partial charge in [0.1, 0.15) is 23.2 Å². The second kappa shape index (κ2) is 8.18. The molecule has 7 heteroatoms. The molecule has 31 heavy (non-hydrogen) atoms. The van der Waals surface area contributed by atoms with Gasteiger partial charge in [0, 0.05) is 29.9 Å². The molecule has 0 aliphatic carbocycles. The lowest BCUT2D eigenvalue weighted by Gasteiger charge is -2.32. The van der Waals surface area contributed by atoms with Crippen molar-refractivity contribution in [1.29, 1.82) is 0 Å². The van der Waals surface area contributed by atoms with Crippen LogP contribution < -0.4 is 10.1 Å². The number of hydrogen-bond acceptors (Lipinski definition) is 5. The first-order chi connectivity index (χ1) is 15.2. The molecule has 0 saturated carbocycles. The van der Waals surface area contributed by atoms with Crippen LogP contribution in [-0.2, 0) is 4.79 Å². The second-order valence-corrected chi connectivity index (χ2v) is 7.69. The maximum absolute atomic E-state index is 12.4. The molecule has 1 aliphatic heterocycles. The number of ether oxygens (including phenoxy) is 1. The van der Waals surface area contributed by atoms with Gasteiger partial charge < -0.3 is 23.8 Å². The molecular formula is C24H22N2O5. The number of furan rings is 2. The molecule has 0 unspecified atom stereocenters. The number of benzene rings is 2. The molecule has 158 valence electrons. The third-order valence-electron chi connectivity index (χ3n) is 5.63. The zero-order valence-corrected chi connectivity index (χ0v) is 16.9. The molecule has 0 bridgehead atoms. The standard InChI is InChI=1S/C24H22N2O5/c27-23(25-17-7-10-26(11-8-17)24(28)16-9-12-29-14-16)15-30-18-5-6-22-20(13-18)19-3-1-2-4-21(19)31-22/h1-6,9,12-14,17H,7-8,10-11,15H2,(H,25,27). The van der Waals surface area contributed by atoms with Gasteiger partial charge in [0.05, 0.1) is 11.8 Å². The molecule has 3 heterocycles. The first-order valence-electron chi connectivity index (χ1n) is 10.3. The number of piperidine rings is 1. The quantitative estimate of drug-likeness (QED) is 0.530. The van der Waals surface area contributed by atoms with E-state index >= 15 is 0 Å². The fraction of sp³-hybridized carbons (Fsp3) is 0.250. The van der Waals surface area contributed by atoms with Crippen LogP contribution >= 0.6 is 0 Å². The van der Waals surface area contributed by atoms with E-state index in [1.54, 1.807) is 17.0 Å². The summed E-state index contributed by atoms with van der Waals surface area (Å²) in [7, 11) is 0. The number of nitrogens with zero attached hydrogens (tertiary/aromatic N) is 1. The topological polar surface area (TPSA) is 84.9 Å². The monoisotopic (exact) mass is 418 g/mol. The van der Waals surface area contributed by atoms with E-state index in [0.29, 0.717) is 37.2 Å². The van der Waals surface area contributed by atoms with Gasteiger partial charge in [0.25, 0.3) is 11.8 Å². The van der Waals surface area contributed by atoms with E-state index < -0.39 is 0 Å². The van der Waals surface area contributed by atoms with Crippen LogP contribution in [0.1, 0.15) is 23.2 Å². The number of fused-ring (bicyclic) bond motifs is 3. The minimum Gasteiger partial charge on any atom is -0.484 e. The fourth-order valence-electron chi connectivity index (χ4n) is 4.01. The van der Waals surface area contributed by atoms with Crippen molar-refractivity contribution in [2.45, 2.75) is 18.9 Å². The largest absolute Gasteiger partial charge is 0.484 e. The molecule has 7 nitrogen and oxygen atoms in total. The van der Waals surface area contributed by atoms with Crippen molar-refractivity contribution in [2.24, 2.45) is 0 Å². The highest BCUT2D eigenvalue weighted by Crippen LogP contribution is 2.31. The molecule has 2 aromatic carbocycles. The smallest absolute Gasteiger partial charge is 0.258 e. The maximum atomic E-state index is 12.4. The molecule has 2 aromatic heterocycles. The molecule has 4 aromatic rings. The molecule has 0 radical (unpaired) electrons. The average Bonchev–Trinajstić information content (AvgIpc) is 3.46. The Labute approximate surface area is 178 Å². The summed E-state index contributed by atoms with van der Waals surface area (Å²) in [5.41, 5.74) is 2.16. The molecular weight excluding hydrogens is 396 g/mol. The summed E-state index contributed by atoms with van der Waals surface area (Å²) in [6, 6.07) is 15.1. The van der Waals surface area contributed by atoms with Crippen LogP contribution in [0.25, 0.3) is 21.9 Å². The van der Waals surface area contributed by atoms with Gasteiger partial charge in [0.2, 0.25) is 0 Å². The van der Waals surface area contributed by atoms with Crippen molar-refractivity contribution in [3.05, 3.63) is 66.6 Å². The van der Waals surface area contributed by atoms with E-state index in [4.69, 9.17) is 13.6 Å². The van der Waals surface area contributed by atoms with Gasteiger partial charge in [-0.05, 0) is 43.2 Å². The molecule has 5 rings (SSSR count). The molecule has 1 fully saturated rings. The SMILES string of the molecule is O=C(COc1ccc2oc3ccccc3c2c1)NC1CCN(C(=O)c2ccoc2)CC1. The summed E-state index contributed by atoms with van der Waals surface area (Å²) < 4.78 is 16.5. The molecule has 0 atom stereocenters. The van der Waals surface area contributed by atoms with Crippen molar-refractivity contribution in [1.82, 2.24) is 10.2 Å². The number of likely N-dealkylation sites (tertiary alicyclic amines) is 1. The van der Waals surface area contributed by atoms with E-state index in [9.17, 15) is 9.59 Å². The van der Waals surface area contributed by atoms with Gasteiger partial charge in [-0.1, -0.05) is 18.2 Å². The summed E-state index contributed by atoms with van der Waals surface area (Å²) in [6.45, 7) is 1.13. The van der Waals surface area contributed by atoms with Gasteiger partial charge >= 0.3 is 0 Å². The summed E-state index contributed by atoms with van der Waals surface area (Å²) in [4.78, 5) is 26.5. The zero-order chi connectivity index (χ0) is 21.2. The number of amides is 2. The molecule has 1 N–H and O–H groups in total. The molecule has 2 amide bonds. The molecule has 0 spiro atoms. The summed E-state index contributed by atoms with van der Waals surface area (Å²) in [6.07, 6.45) is 4.37. The van der Waals surface area contributed by atoms with Gasteiger partial charge in [-0.15, -0.1) is 0 Å². The Balaban J connectivity index is 1.14. The number of nitrogens with one attached hydrogen (secondary N) is 1. The Kier molecular flexibility index (Phi) is 5.08. The van der Waals surface area contributed by atoms with Crippen LogP contribution in [0.2, 0.25) is 0 Å². The zero-order valence-electron chi connectivity index (χ0n) is 16.9. The normalized spacial score (nSPS) is 14.8. The van der Waals surface area contributed by atoms with Crippen molar-refractivity contribution < 1.29 is 23.2 Å². The highest BCUT2D eigenvalue weighted by molar-refractivity contribution is 6.05. The van der Waals surface area contributed by atoms with E-state index in [1.807, 2.05) is 36.4 Å². The number of hydrogen-bond donors (Lipinski definition) is 1. The lowest BCUT2D eigenvalue weighted by atomic mass is 10.0. The van der Waals surface area contributed by atoms with E-state index in [2.05, 4.69) is 5.32 Å². The van der Waals surface area contributed by atoms with Crippen LogP contribution in [0.3, 0.4) is 0 Å². The first-order valence-corrected chi connectivity index (χ1v) is 10.3. The lowest BCUT2D eigenvalue weighted by Crippen LogP contribution is -2.47. The fourth-order valence-corrected chi connectivity index (χ4v) is 4.01. The number of rotatable bonds is 5. The Morgan fingerprint density at radius 2 is 1.84 bits per heavy atom. The predicted molar refractivity (Wildman–Crippen MR) is 115 cm³/mol. The maximum Gasteiger partial charge on any atom is 0.258 e. The van der Waals surface area contributed by atoms with Crippen molar-refractivity contribution >= 4 is 33.8 Å². The van der Waals surface area contributed by atoms with Crippen LogP contribution in [0, 0.1) is 0 Å². The molecule has 1 saturated heterocycles. The first kappa shape index (κ1) is 19.2. The lowest BCUT2D eigenvalue weighted by molar-refractivity contribution is -0.124. The predicted octanol–water partition coefficient (Wildman–Crippen LogP) is 3.98. The average molecular weight is 418 g/mol. The second-order valence-electron chi connectivity index (χ2n) is 7.69. The van der Waals surface area contributed by atoms with Gasteiger partial charge in [-0.3, -0.25) is 9.59 Å². The van der Waals surface area contributed by atoms with Crippen LogP contribution in [0.5, 0.6) is 5.75 Å². The van der Waals surface area contributed by atoms with Crippen molar-refractivity contribution in [3.63, 3.8) is 0 Å². The summed E-state index contributed by atoms with van der Waals surface area (Å²) in [5.74, 6) is 0.413. The van der Waals surface area contributed by atoms with Gasteiger partial charge in [-0.2, -0.15) is 0 Å². The Hall–Kier alpha value is -3.74. The minimum absolute atomic E-state index is 0.0322. The summed E-state index contributed by atoms with van der Waals surface area (Å²) >= 11 is 0. The number of para-hydroxylation sites is 1. The van der Waals surface area contributed by atoms with Gasteiger partial charge in [0.15, 0.2) is 6.61 Å². The minimum atomic E-state index is -0.170. The number of carbonyl (C=O) groups excluding carboxylic acids is 2. The third-order valence-corrected chi connectivity index (χ3v) is 5.63. The Morgan fingerprint density at radius 3 is 2.65 bits per heavy atom. The highest BCUT2D eigenvalue weighted by atomic mass is 16.5. The molecule has 1 aliphatic rings.